The molecule has 1 N–H and O–H groups in total. The zero-order chi connectivity index (χ0) is 21.7. The summed E-state index contributed by atoms with van der Waals surface area (Å²) in [5.74, 6) is 6.31. The minimum atomic E-state index is -0.0794. The van der Waals surface area contributed by atoms with E-state index in [1.54, 1.807) is 5.57 Å². The van der Waals surface area contributed by atoms with Crippen LogP contribution in [0.3, 0.4) is 0 Å². The van der Waals surface area contributed by atoms with Crippen LogP contribution >= 0.6 is 0 Å². The summed E-state index contributed by atoms with van der Waals surface area (Å²) in [6, 6.07) is 0. The van der Waals surface area contributed by atoms with Crippen molar-refractivity contribution in [3.8, 4) is 0 Å². The van der Waals surface area contributed by atoms with Crippen LogP contribution in [0.2, 0.25) is 0 Å². The summed E-state index contributed by atoms with van der Waals surface area (Å²) in [7, 11) is 0. The van der Waals surface area contributed by atoms with Crippen LogP contribution in [-0.4, -0.2) is 11.2 Å². The van der Waals surface area contributed by atoms with Gasteiger partial charge in [-0.05, 0) is 104 Å². The van der Waals surface area contributed by atoms with Crippen molar-refractivity contribution in [2.75, 3.05) is 0 Å². The van der Waals surface area contributed by atoms with Crippen molar-refractivity contribution in [2.24, 2.45) is 52.3 Å². The van der Waals surface area contributed by atoms with Crippen molar-refractivity contribution in [2.45, 2.75) is 118 Å². The predicted octanol–water partition coefficient (Wildman–Crippen LogP) is 8.02. The largest absolute Gasteiger partial charge is 0.393 e. The molecular weight excluding hydrogens is 364 g/mol. The summed E-state index contributed by atoms with van der Waals surface area (Å²) in [5.41, 5.74) is 2.59. The molecule has 0 aromatic heterocycles. The molecule has 0 aliphatic heterocycles. The highest BCUT2D eigenvalue weighted by molar-refractivity contribution is 5.25. The lowest BCUT2D eigenvalue weighted by molar-refractivity contribution is -0.0575. The highest BCUT2D eigenvalue weighted by atomic mass is 16.3. The van der Waals surface area contributed by atoms with Crippen LogP contribution in [0.15, 0.2) is 11.6 Å². The molecule has 0 aromatic rings. The molecule has 172 valence electrons. The average molecular weight is 415 g/mol. The van der Waals surface area contributed by atoms with Gasteiger partial charge < -0.3 is 5.11 Å². The molecule has 1 heteroatoms. The fourth-order valence-corrected chi connectivity index (χ4v) is 9.03. The maximum atomic E-state index is 10.2. The Morgan fingerprint density at radius 3 is 2.47 bits per heavy atom. The Kier molecular flexibility index (Phi) is 6.53. The molecule has 0 saturated heterocycles. The van der Waals surface area contributed by atoms with Gasteiger partial charge in [0.1, 0.15) is 0 Å². The summed E-state index contributed by atoms with van der Waals surface area (Å²) in [6.45, 7) is 15.1. The van der Waals surface area contributed by atoms with E-state index >= 15 is 0 Å². The van der Waals surface area contributed by atoms with Crippen LogP contribution in [0.1, 0.15) is 112 Å². The Labute approximate surface area is 187 Å². The Balaban J connectivity index is 1.46. The molecule has 0 heterocycles. The normalized spacial score (nSPS) is 46.2. The average Bonchev–Trinajstić information content (AvgIpc) is 3.09. The first-order chi connectivity index (χ1) is 14.2. The van der Waals surface area contributed by atoms with Crippen molar-refractivity contribution in [1.82, 2.24) is 0 Å². The topological polar surface area (TPSA) is 20.2 Å². The number of rotatable bonds is 6. The number of hydrogen-bond donors (Lipinski definition) is 1. The van der Waals surface area contributed by atoms with E-state index in [1.807, 2.05) is 0 Å². The zero-order valence-corrected chi connectivity index (χ0v) is 20.9. The SMILES string of the molecule is CCC(C)C(C)CC[C@@H](C)[C@H]1CC[C@H]2[C@@H]3CC=C4CC(O)CC[C@]4(C)[C@H]3CC[C@]12C. The molecule has 4 rings (SSSR count). The lowest BCUT2D eigenvalue weighted by atomic mass is 9.47. The van der Waals surface area contributed by atoms with Crippen molar-refractivity contribution in [3.63, 3.8) is 0 Å². The highest BCUT2D eigenvalue weighted by Crippen LogP contribution is 2.67. The second kappa shape index (κ2) is 8.57. The van der Waals surface area contributed by atoms with E-state index < -0.39 is 0 Å². The van der Waals surface area contributed by atoms with E-state index in [2.05, 4.69) is 47.6 Å². The van der Waals surface area contributed by atoms with Crippen molar-refractivity contribution in [1.29, 1.82) is 0 Å². The maximum absolute atomic E-state index is 10.2. The van der Waals surface area contributed by atoms with Gasteiger partial charge in [0.05, 0.1) is 6.10 Å². The van der Waals surface area contributed by atoms with Crippen molar-refractivity contribution >= 4 is 0 Å². The monoisotopic (exact) mass is 414 g/mol. The Bertz CT molecular complexity index is 636. The molecule has 4 aliphatic carbocycles. The third kappa shape index (κ3) is 3.74. The molecule has 4 aliphatic rings. The third-order valence-corrected chi connectivity index (χ3v) is 11.5. The second-order valence-corrected chi connectivity index (χ2v) is 12.8. The summed E-state index contributed by atoms with van der Waals surface area (Å²) < 4.78 is 0. The highest BCUT2D eigenvalue weighted by Gasteiger charge is 2.59. The van der Waals surface area contributed by atoms with Crippen LogP contribution < -0.4 is 0 Å². The van der Waals surface area contributed by atoms with Gasteiger partial charge in [0.15, 0.2) is 0 Å². The van der Waals surface area contributed by atoms with Gasteiger partial charge in [-0.2, -0.15) is 0 Å². The van der Waals surface area contributed by atoms with Gasteiger partial charge in [-0.15, -0.1) is 0 Å². The third-order valence-electron chi connectivity index (χ3n) is 11.5. The van der Waals surface area contributed by atoms with Crippen LogP contribution in [0.4, 0.5) is 0 Å². The van der Waals surface area contributed by atoms with Gasteiger partial charge in [-0.25, -0.2) is 0 Å². The fourth-order valence-electron chi connectivity index (χ4n) is 9.03. The molecule has 0 aromatic carbocycles. The van der Waals surface area contributed by atoms with E-state index in [0.29, 0.717) is 10.8 Å². The zero-order valence-electron chi connectivity index (χ0n) is 20.9. The van der Waals surface area contributed by atoms with Gasteiger partial charge >= 0.3 is 0 Å². The lowest BCUT2D eigenvalue weighted by Crippen LogP contribution is -2.50. The first-order valence-corrected chi connectivity index (χ1v) is 13.6. The fraction of sp³-hybridized carbons (Fsp3) is 0.931. The molecule has 0 bridgehead atoms. The first kappa shape index (κ1) is 22.9. The quantitative estimate of drug-likeness (QED) is 0.436. The first-order valence-electron chi connectivity index (χ1n) is 13.6. The van der Waals surface area contributed by atoms with Gasteiger partial charge in [0.2, 0.25) is 0 Å². The van der Waals surface area contributed by atoms with Gasteiger partial charge in [0, 0.05) is 0 Å². The smallest absolute Gasteiger partial charge is 0.0577 e. The van der Waals surface area contributed by atoms with E-state index in [9.17, 15) is 5.11 Å². The molecule has 30 heavy (non-hydrogen) atoms. The standard InChI is InChI=1S/C29H50O/c1-7-19(2)20(3)8-9-21(4)25-12-13-26-24-11-10-22-18-23(30)14-16-28(22,5)27(24)15-17-29(25,26)6/h10,19-21,23-27,30H,7-9,11-18H2,1-6H3/t19?,20?,21-,23?,24+,25-,26+,27+,28+,29-/m1/s1. The molecule has 3 saturated carbocycles. The number of allylic oxidation sites excluding steroid dienone is 1. The second-order valence-electron chi connectivity index (χ2n) is 12.8. The van der Waals surface area contributed by atoms with E-state index in [4.69, 9.17) is 0 Å². The predicted molar refractivity (Wildman–Crippen MR) is 128 cm³/mol. The molecule has 0 radical (unpaired) electrons. The summed E-state index contributed by atoms with van der Waals surface area (Å²) in [5, 5.41) is 10.2. The molecule has 3 fully saturated rings. The summed E-state index contributed by atoms with van der Waals surface area (Å²) in [6.07, 6.45) is 17.1. The molecule has 3 unspecified atom stereocenters. The van der Waals surface area contributed by atoms with Crippen LogP contribution in [-0.2, 0) is 0 Å². The summed E-state index contributed by atoms with van der Waals surface area (Å²) in [4.78, 5) is 0. The van der Waals surface area contributed by atoms with Crippen molar-refractivity contribution < 1.29 is 5.11 Å². The van der Waals surface area contributed by atoms with Gasteiger partial charge in [0.25, 0.3) is 0 Å². The van der Waals surface area contributed by atoms with Gasteiger partial charge in [-0.1, -0.05) is 72.5 Å². The molecule has 0 amide bonds. The number of fused-ring (bicyclic) bond motifs is 5. The molecule has 10 atom stereocenters. The number of aliphatic hydroxyl groups is 1. The summed E-state index contributed by atoms with van der Waals surface area (Å²) >= 11 is 0. The molecular formula is C29H50O. The number of aliphatic hydroxyl groups excluding tert-OH is 1. The van der Waals surface area contributed by atoms with E-state index in [-0.39, 0.29) is 6.10 Å². The Hall–Kier alpha value is -0.300. The number of hydrogen-bond acceptors (Lipinski definition) is 1. The van der Waals surface area contributed by atoms with Crippen LogP contribution in [0.25, 0.3) is 0 Å². The lowest BCUT2D eigenvalue weighted by Gasteiger charge is -2.58. The van der Waals surface area contributed by atoms with E-state index in [0.717, 1.165) is 54.3 Å². The van der Waals surface area contributed by atoms with Gasteiger partial charge in [-0.3, -0.25) is 0 Å². The van der Waals surface area contributed by atoms with Crippen molar-refractivity contribution in [3.05, 3.63) is 11.6 Å². The van der Waals surface area contributed by atoms with Crippen LogP contribution in [0.5, 0.6) is 0 Å². The Morgan fingerprint density at radius 1 is 0.967 bits per heavy atom. The minimum absolute atomic E-state index is 0.0794. The maximum Gasteiger partial charge on any atom is 0.0577 e. The molecule has 1 nitrogen and oxygen atoms in total. The molecule has 0 spiro atoms. The Morgan fingerprint density at radius 2 is 1.73 bits per heavy atom. The van der Waals surface area contributed by atoms with E-state index in [1.165, 1.54) is 57.8 Å². The minimum Gasteiger partial charge on any atom is -0.393 e. The van der Waals surface area contributed by atoms with Crippen LogP contribution in [0, 0.1) is 52.3 Å².